The van der Waals surface area contributed by atoms with Gasteiger partial charge in [-0.2, -0.15) is 0 Å². The number of aliphatic hydroxyl groups excluding tert-OH is 8. The highest BCUT2D eigenvalue weighted by Gasteiger charge is 2.27. The van der Waals surface area contributed by atoms with Crippen molar-refractivity contribution in [3.63, 3.8) is 0 Å². The molecule has 6 unspecified atom stereocenters. The molecule has 25 heteroatoms. The van der Waals surface area contributed by atoms with Gasteiger partial charge in [-0.05, 0) is 65.0 Å². The van der Waals surface area contributed by atoms with Crippen molar-refractivity contribution in [1.82, 2.24) is 15.5 Å². The smallest absolute Gasteiger partial charge is 0.238 e. The Morgan fingerprint density at radius 1 is 0.446 bits per heavy atom. The molecule has 442 valence electrons. The normalized spacial score (nSPS) is 14.4. The number of ketones is 1. The summed E-state index contributed by atoms with van der Waals surface area (Å²) in [5, 5.41) is 83.7. The number of carbonyl (C=O) groups excluding carboxylic acids is 2. The van der Waals surface area contributed by atoms with Crippen LogP contribution in [0.25, 0.3) is 0 Å². The molecule has 0 saturated carbocycles. The van der Waals surface area contributed by atoms with Crippen molar-refractivity contribution in [2.45, 2.75) is 94.9 Å². The standard InChI is InChI=1S/C49H99N3O22/c1-42(56)9-14-63-16-18-65-20-22-67-24-26-69-28-30-71-32-34-73-36-37-74-35-33-72-31-29-70-27-25-68-23-21-66-19-17-64-15-10-50-49(62)45(51-38-47(60)48(61)46(59)8-13-53)39-52(11-4-2-6-43(57)40-54)12-5-3-7-44(58)41-55/h43-48,51,53-55,57-61H,2-41H2,1H3,(H,50,62). The van der Waals surface area contributed by atoms with Crippen molar-refractivity contribution in [1.29, 1.82) is 0 Å². The Bertz CT molecular complexity index is 1180. The largest absolute Gasteiger partial charge is 0.396 e. The molecule has 0 aromatic carbocycles. The predicted molar refractivity (Wildman–Crippen MR) is 270 cm³/mol. The number of nitrogens with one attached hydrogen (secondary N) is 2. The summed E-state index contributed by atoms with van der Waals surface area (Å²) < 4.78 is 65.8. The highest BCUT2D eigenvalue weighted by Crippen LogP contribution is 2.09. The van der Waals surface area contributed by atoms with Crippen LogP contribution in [0.1, 0.15) is 58.3 Å². The van der Waals surface area contributed by atoms with E-state index in [1.807, 2.05) is 4.90 Å². The molecule has 10 N–H and O–H groups in total. The lowest BCUT2D eigenvalue weighted by molar-refractivity contribution is -0.124. The van der Waals surface area contributed by atoms with Crippen LogP contribution in [0.4, 0.5) is 0 Å². The van der Waals surface area contributed by atoms with Crippen LogP contribution in [0, 0.1) is 0 Å². The highest BCUT2D eigenvalue weighted by molar-refractivity contribution is 5.82. The lowest BCUT2D eigenvalue weighted by Gasteiger charge is -2.30. The summed E-state index contributed by atoms with van der Waals surface area (Å²) >= 11 is 0. The second-order valence-corrected chi connectivity index (χ2v) is 17.2. The van der Waals surface area contributed by atoms with Gasteiger partial charge in [-0.1, -0.05) is 0 Å². The van der Waals surface area contributed by atoms with Crippen LogP contribution in [-0.4, -0.2) is 305 Å². The van der Waals surface area contributed by atoms with Gasteiger partial charge in [-0.15, -0.1) is 0 Å². The van der Waals surface area contributed by atoms with E-state index < -0.39 is 36.6 Å². The summed E-state index contributed by atoms with van der Waals surface area (Å²) in [6.07, 6.45) is -2.22. The number of amides is 1. The maximum absolute atomic E-state index is 13.4. The summed E-state index contributed by atoms with van der Waals surface area (Å²) in [7, 11) is 0. The Kier molecular flexibility index (Phi) is 54.7. The number of rotatable bonds is 61. The van der Waals surface area contributed by atoms with Crippen molar-refractivity contribution in [3.8, 4) is 0 Å². The minimum atomic E-state index is -1.55. The van der Waals surface area contributed by atoms with Gasteiger partial charge in [-0.3, -0.25) is 9.59 Å². The van der Waals surface area contributed by atoms with Crippen LogP contribution in [0.15, 0.2) is 0 Å². The van der Waals surface area contributed by atoms with Gasteiger partial charge >= 0.3 is 0 Å². The summed E-state index contributed by atoms with van der Waals surface area (Å²) in [4.78, 5) is 26.3. The molecule has 0 aromatic heterocycles. The third-order valence-electron chi connectivity index (χ3n) is 10.7. The molecule has 6 atom stereocenters. The number of nitrogens with zero attached hydrogens (tertiary/aromatic N) is 1. The molecule has 0 radical (unpaired) electrons. The second-order valence-electron chi connectivity index (χ2n) is 17.2. The van der Waals surface area contributed by atoms with Crippen molar-refractivity contribution >= 4 is 11.7 Å². The molecule has 0 bridgehead atoms. The number of hydrogen-bond donors (Lipinski definition) is 10. The van der Waals surface area contributed by atoms with E-state index in [-0.39, 0.29) is 70.8 Å². The molecule has 0 aromatic rings. The molecule has 0 aliphatic heterocycles. The number of hydrogen-bond acceptors (Lipinski definition) is 24. The fraction of sp³-hybridized carbons (Fsp3) is 0.959. The zero-order chi connectivity index (χ0) is 54.4. The Hall–Kier alpha value is -1.74. The van der Waals surface area contributed by atoms with Crippen molar-refractivity contribution < 1.29 is 107 Å². The first-order valence-electron chi connectivity index (χ1n) is 26.4. The lowest BCUT2D eigenvalue weighted by atomic mass is 10.0. The van der Waals surface area contributed by atoms with Gasteiger partial charge in [0, 0.05) is 32.7 Å². The van der Waals surface area contributed by atoms with E-state index in [2.05, 4.69) is 10.6 Å². The molecule has 1 amide bonds. The van der Waals surface area contributed by atoms with Crippen LogP contribution in [0.2, 0.25) is 0 Å². The minimum Gasteiger partial charge on any atom is -0.396 e. The number of aliphatic hydroxyl groups is 8. The molecule has 0 rings (SSSR count). The van der Waals surface area contributed by atoms with Gasteiger partial charge in [0.05, 0.1) is 202 Å². The molecule has 0 heterocycles. The summed E-state index contributed by atoms with van der Waals surface area (Å²) in [6, 6.07) is -0.847. The molecular formula is C49H99N3O22. The lowest BCUT2D eigenvalue weighted by Crippen LogP contribution is -2.55. The fourth-order valence-corrected chi connectivity index (χ4v) is 6.46. The zero-order valence-corrected chi connectivity index (χ0v) is 44.5. The van der Waals surface area contributed by atoms with Crippen LogP contribution < -0.4 is 10.6 Å². The van der Waals surface area contributed by atoms with E-state index in [0.29, 0.717) is 203 Å². The number of carbonyl (C=O) groups is 2. The fourth-order valence-electron chi connectivity index (χ4n) is 6.46. The first-order chi connectivity index (χ1) is 36.0. The topological polar surface area (TPSA) is 334 Å². The zero-order valence-electron chi connectivity index (χ0n) is 44.5. The summed E-state index contributed by atoms with van der Waals surface area (Å²) in [6.45, 7) is 11.9. The first kappa shape index (κ1) is 72.3. The molecule has 0 aliphatic rings. The number of Topliss-reactive ketones (excluding diaryl/α,β-unsaturated/α-hetero) is 1. The molecule has 74 heavy (non-hydrogen) atoms. The van der Waals surface area contributed by atoms with E-state index in [4.69, 9.17) is 72.2 Å². The van der Waals surface area contributed by atoms with Gasteiger partial charge in [0.15, 0.2) is 0 Å². The molecule has 0 fully saturated rings. The van der Waals surface area contributed by atoms with Gasteiger partial charge in [-0.25, -0.2) is 0 Å². The molecule has 0 saturated heterocycles. The third-order valence-corrected chi connectivity index (χ3v) is 10.7. The van der Waals surface area contributed by atoms with Gasteiger partial charge < -0.3 is 113 Å². The first-order valence-corrected chi connectivity index (χ1v) is 26.4. The minimum absolute atomic E-state index is 0.111. The second kappa shape index (κ2) is 56.0. The monoisotopic (exact) mass is 1080 g/mol. The summed E-state index contributed by atoms with van der Waals surface area (Å²) in [5.74, 6) is -0.269. The maximum atomic E-state index is 13.4. The average molecular weight is 1080 g/mol. The third kappa shape index (κ3) is 49.8. The van der Waals surface area contributed by atoms with E-state index in [1.54, 1.807) is 0 Å². The van der Waals surface area contributed by atoms with Crippen LogP contribution in [0.5, 0.6) is 0 Å². The molecule has 25 nitrogen and oxygen atoms in total. The van der Waals surface area contributed by atoms with Crippen LogP contribution >= 0.6 is 0 Å². The van der Waals surface area contributed by atoms with Crippen molar-refractivity contribution in [2.75, 3.05) is 211 Å². The average Bonchev–Trinajstić information content (AvgIpc) is 3.39. The molecular weight excluding hydrogens is 983 g/mol. The van der Waals surface area contributed by atoms with Crippen LogP contribution in [0.3, 0.4) is 0 Å². The van der Waals surface area contributed by atoms with Crippen LogP contribution in [-0.2, 0) is 66.4 Å². The van der Waals surface area contributed by atoms with Crippen molar-refractivity contribution in [2.24, 2.45) is 0 Å². The Balaban J connectivity index is 3.97. The predicted octanol–water partition coefficient (Wildman–Crippen LogP) is -2.95. The van der Waals surface area contributed by atoms with E-state index >= 15 is 0 Å². The Labute approximate surface area is 439 Å². The van der Waals surface area contributed by atoms with Gasteiger partial charge in [0.2, 0.25) is 5.91 Å². The Morgan fingerprint density at radius 2 is 0.784 bits per heavy atom. The quantitative estimate of drug-likeness (QED) is 0.0272. The number of ether oxygens (including phenoxy) is 12. The number of unbranched alkanes of at least 4 members (excludes halogenated alkanes) is 2. The summed E-state index contributed by atoms with van der Waals surface area (Å²) in [5.41, 5.74) is 0. The van der Waals surface area contributed by atoms with Gasteiger partial charge in [0.1, 0.15) is 11.9 Å². The van der Waals surface area contributed by atoms with E-state index in [0.717, 1.165) is 0 Å². The van der Waals surface area contributed by atoms with E-state index in [1.165, 1.54) is 6.92 Å². The van der Waals surface area contributed by atoms with Crippen molar-refractivity contribution in [3.05, 3.63) is 0 Å². The highest BCUT2D eigenvalue weighted by atomic mass is 16.6. The maximum Gasteiger partial charge on any atom is 0.238 e. The molecule has 0 spiro atoms. The van der Waals surface area contributed by atoms with E-state index in [9.17, 15) is 35.1 Å². The van der Waals surface area contributed by atoms with Gasteiger partial charge in [0.25, 0.3) is 0 Å². The molecule has 0 aliphatic carbocycles. The Morgan fingerprint density at radius 3 is 1.11 bits per heavy atom. The SMILES string of the molecule is CC(=O)CCOCCOCCOCCOCCOCCOCCOCCOCCOCCOCCOCCOCCNC(=O)C(CN(CCCCC(O)CO)CCCCC(O)CO)NCC(O)C(O)C(O)CCO.